The minimum Gasteiger partial charge on any atom is -0.492 e. The summed E-state index contributed by atoms with van der Waals surface area (Å²) < 4.78 is 16.5. The van der Waals surface area contributed by atoms with E-state index in [-0.39, 0.29) is 6.61 Å². The van der Waals surface area contributed by atoms with Crippen LogP contribution < -0.4 is 0 Å². The van der Waals surface area contributed by atoms with Gasteiger partial charge in [-0.1, -0.05) is 23.7 Å². The Morgan fingerprint density at radius 3 is 2.80 bits per heavy atom. The summed E-state index contributed by atoms with van der Waals surface area (Å²) in [5.41, 5.74) is 1.49. The third kappa shape index (κ3) is 4.40. The predicted octanol–water partition coefficient (Wildman–Crippen LogP) is 2.32. The summed E-state index contributed by atoms with van der Waals surface area (Å²) in [5, 5.41) is 32.3. The molecule has 3 N–H and O–H groups in total. The van der Waals surface area contributed by atoms with Gasteiger partial charge in [0.1, 0.15) is 36.3 Å². The molecular formula is C21H24ClNO6S. The van der Waals surface area contributed by atoms with E-state index in [1.165, 1.54) is 7.11 Å². The molecule has 4 rings (SSSR count). The lowest BCUT2D eigenvalue weighted by molar-refractivity contribution is -0.233. The number of halogens is 1. The van der Waals surface area contributed by atoms with Crippen LogP contribution in [0.25, 0.3) is 5.76 Å². The van der Waals surface area contributed by atoms with E-state index in [9.17, 15) is 15.3 Å². The fourth-order valence-corrected chi connectivity index (χ4v) is 4.81. The van der Waals surface area contributed by atoms with Crippen molar-refractivity contribution in [1.82, 2.24) is 4.98 Å². The van der Waals surface area contributed by atoms with Gasteiger partial charge in [-0.3, -0.25) is 0 Å². The minimum absolute atomic E-state index is 0.0989. The van der Waals surface area contributed by atoms with Crippen LogP contribution >= 0.6 is 22.9 Å². The van der Waals surface area contributed by atoms with Crippen LogP contribution in [0.15, 0.2) is 30.5 Å². The normalized spacial score (nSPS) is 29.0. The first kappa shape index (κ1) is 21.7. The summed E-state index contributed by atoms with van der Waals surface area (Å²) in [7, 11) is 1.48. The SMILES string of the molecule is COC[C@H]1O[C@@H](c2ccc(Cl)c(Cc3ncc(C4=CCCO4)s3)c2)[C@H](O)[C@@H](O)[C@@H]1O. The van der Waals surface area contributed by atoms with Gasteiger partial charge in [0.05, 0.1) is 23.1 Å². The number of thiazole rings is 1. The van der Waals surface area contributed by atoms with Gasteiger partial charge in [-0.15, -0.1) is 11.3 Å². The molecule has 1 aromatic heterocycles. The van der Waals surface area contributed by atoms with Gasteiger partial charge in [0.25, 0.3) is 0 Å². The predicted molar refractivity (Wildman–Crippen MR) is 112 cm³/mol. The molecule has 0 unspecified atom stereocenters. The number of hydrogen-bond acceptors (Lipinski definition) is 8. The quantitative estimate of drug-likeness (QED) is 0.617. The van der Waals surface area contributed by atoms with Gasteiger partial charge >= 0.3 is 0 Å². The zero-order valence-corrected chi connectivity index (χ0v) is 18.0. The Balaban J connectivity index is 1.55. The van der Waals surface area contributed by atoms with Gasteiger partial charge in [0.15, 0.2) is 0 Å². The Morgan fingerprint density at radius 2 is 2.07 bits per heavy atom. The Bertz CT molecular complexity index is 919. The van der Waals surface area contributed by atoms with Gasteiger partial charge in [-0.2, -0.15) is 0 Å². The molecule has 2 aromatic rings. The second-order valence-corrected chi connectivity index (χ2v) is 8.90. The van der Waals surface area contributed by atoms with Crippen LogP contribution in [-0.4, -0.2) is 65.0 Å². The van der Waals surface area contributed by atoms with E-state index < -0.39 is 30.5 Å². The number of methoxy groups -OCH3 is 1. The summed E-state index contributed by atoms with van der Waals surface area (Å²) in [6.45, 7) is 0.798. The molecule has 162 valence electrons. The number of hydrogen-bond donors (Lipinski definition) is 3. The number of nitrogens with zero attached hydrogens (tertiary/aromatic N) is 1. The van der Waals surface area contributed by atoms with Crippen LogP contribution in [0.5, 0.6) is 0 Å². The Morgan fingerprint density at radius 1 is 1.23 bits per heavy atom. The molecule has 0 radical (unpaired) electrons. The fraction of sp³-hybridized carbons (Fsp3) is 0.476. The van der Waals surface area contributed by atoms with Crippen molar-refractivity contribution >= 4 is 28.7 Å². The molecule has 3 heterocycles. The highest BCUT2D eigenvalue weighted by molar-refractivity contribution is 7.12. The Hall–Kier alpha value is -1.52. The molecule has 9 heteroatoms. The molecule has 1 saturated heterocycles. The highest BCUT2D eigenvalue weighted by Crippen LogP contribution is 2.35. The molecule has 2 aliphatic heterocycles. The molecule has 0 saturated carbocycles. The number of aliphatic hydroxyl groups excluding tert-OH is 3. The van der Waals surface area contributed by atoms with E-state index in [0.29, 0.717) is 23.6 Å². The van der Waals surface area contributed by atoms with Crippen LogP contribution in [0.1, 0.15) is 33.5 Å². The monoisotopic (exact) mass is 453 g/mol. The zero-order chi connectivity index (χ0) is 21.3. The van der Waals surface area contributed by atoms with E-state index >= 15 is 0 Å². The maximum atomic E-state index is 10.5. The smallest absolute Gasteiger partial charge is 0.134 e. The van der Waals surface area contributed by atoms with Crippen molar-refractivity contribution in [3.8, 4) is 0 Å². The Kier molecular flexibility index (Phi) is 6.74. The maximum Gasteiger partial charge on any atom is 0.134 e. The molecule has 5 atom stereocenters. The maximum absolute atomic E-state index is 10.5. The second-order valence-electron chi connectivity index (χ2n) is 7.37. The first-order valence-corrected chi connectivity index (χ1v) is 10.9. The van der Waals surface area contributed by atoms with Gasteiger partial charge in [-0.05, 0) is 23.3 Å². The lowest BCUT2D eigenvalue weighted by Gasteiger charge is -2.40. The fourth-order valence-electron chi connectivity index (χ4n) is 3.69. The van der Waals surface area contributed by atoms with Crippen molar-refractivity contribution in [2.24, 2.45) is 0 Å². The number of aliphatic hydroxyl groups is 3. The first-order chi connectivity index (χ1) is 14.5. The Labute approximate surface area is 183 Å². The molecule has 0 bridgehead atoms. The average Bonchev–Trinajstić information content (AvgIpc) is 3.42. The molecule has 0 aliphatic carbocycles. The van der Waals surface area contributed by atoms with Crippen molar-refractivity contribution in [3.05, 3.63) is 56.5 Å². The molecule has 7 nitrogen and oxygen atoms in total. The molecule has 1 fully saturated rings. The molecule has 2 aliphatic rings. The molecule has 0 amide bonds. The highest BCUT2D eigenvalue weighted by atomic mass is 35.5. The van der Waals surface area contributed by atoms with E-state index in [1.54, 1.807) is 29.7 Å². The molecule has 30 heavy (non-hydrogen) atoms. The highest BCUT2D eigenvalue weighted by Gasteiger charge is 2.44. The topological polar surface area (TPSA) is 101 Å². The molecule has 0 spiro atoms. The lowest BCUT2D eigenvalue weighted by Crippen LogP contribution is -2.55. The van der Waals surface area contributed by atoms with Crippen molar-refractivity contribution in [1.29, 1.82) is 0 Å². The summed E-state index contributed by atoms with van der Waals surface area (Å²) in [6, 6.07) is 5.33. The van der Waals surface area contributed by atoms with Gasteiger partial charge in [0, 0.05) is 31.2 Å². The van der Waals surface area contributed by atoms with E-state index in [0.717, 1.165) is 27.6 Å². The van der Waals surface area contributed by atoms with Gasteiger partial charge in [-0.25, -0.2) is 4.98 Å². The van der Waals surface area contributed by atoms with Crippen molar-refractivity contribution in [2.75, 3.05) is 20.3 Å². The average molecular weight is 454 g/mol. The van der Waals surface area contributed by atoms with Crippen LogP contribution in [0.2, 0.25) is 5.02 Å². The van der Waals surface area contributed by atoms with Gasteiger partial charge in [0.2, 0.25) is 0 Å². The third-order valence-electron chi connectivity index (χ3n) is 5.28. The molecular weight excluding hydrogens is 430 g/mol. The summed E-state index contributed by atoms with van der Waals surface area (Å²) >= 11 is 7.96. The van der Waals surface area contributed by atoms with Crippen molar-refractivity contribution in [2.45, 2.75) is 43.4 Å². The molecule has 1 aromatic carbocycles. The van der Waals surface area contributed by atoms with Crippen LogP contribution in [0, 0.1) is 0 Å². The number of ether oxygens (including phenoxy) is 3. The summed E-state index contributed by atoms with van der Waals surface area (Å²) in [4.78, 5) is 5.47. The van der Waals surface area contributed by atoms with Crippen molar-refractivity contribution in [3.63, 3.8) is 0 Å². The first-order valence-electron chi connectivity index (χ1n) is 9.73. The largest absolute Gasteiger partial charge is 0.492 e. The van der Waals surface area contributed by atoms with E-state index in [1.807, 2.05) is 6.07 Å². The van der Waals surface area contributed by atoms with Crippen LogP contribution in [0.3, 0.4) is 0 Å². The van der Waals surface area contributed by atoms with Crippen LogP contribution in [-0.2, 0) is 20.6 Å². The third-order valence-corrected chi connectivity index (χ3v) is 6.67. The van der Waals surface area contributed by atoms with Crippen LogP contribution in [0.4, 0.5) is 0 Å². The zero-order valence-electron chi connectivity index (χ0n) is 16.4. The summed E-state index contributed by atoms with van der Waals surface area (Å²) in [5.74, 6) is 0.869. The number of aromatic nitrogens is 1. The second kappa shape index (κ2) is 9.32. The lowest BCUT2D eigenvalue weighted by atomic mass is 9.90. The number of rotatable bonds is 6. The van der Waals surface area contributed by atoms with Gasteiger partial charge < -0.3 is 29.5 Å². The number of benzene rings is 1. The summed E-state index contributed by atoms with van der Waals surface area (Å²) in [6.07, 6.45) is -0.140. The van der Waals surface area contributed by atoms with Crippen molar-refractivity contribution < 1.29 is 29.5 Å². The van der Waals surface area contributed by atoms with E-state index in [2.05, 4.69) is 11.1 Å². The standard InChI is InChI=1S/C21H24ClNO6S/c1-27-10-15-18(24)19(25)20(26)21(29-15)11-4-5-13(22)12(7-11)8-17-23-9-16(30-17)14-3-2-6-28-14/h3-5,7,9,15,18-21,24-26H,2,6,8,10H2,1H3/t15-,18-,19+,20-,21+/m1/s1. The minimum atomic E-state index is -1.34. The van der Waals surface area contributed by atoms with E-state index in [4.69, 9.17) is 25.8 Å².